The Bertz CT molecular complexity index is 7290. The first-order chi connectivity index (χ1) is 51.1. The van der Waals surface area contributed by atoms with Crippen molar-refractivity contribution in [3.8, 4) is 17.4 Å². The highest BCUT2D eigenvalue weighted by Gasteiger charge is 2.32. The van der Waals surface area contributed by atoms with Crippen molar-refractivity contribution in [3.63, 3.8) is 0 Å². The topological polar surface area (TPSA) is 698 Å². The molecule has 110 heavy (non-hydrogen) atoms. The number of aromatic nitrogens is 7. The molecule has 12 rings (SSSR count). The van der Waals surface area contributed by atoms with Gasteiger partial charge in [0.1, 0.15) is 46.4 Å². The quantitative estimate of drug-likeness (QED) is 0.0113. The number of carboxylic acid groups (broad SMARTS) is 1. The van der Waals surface area contributed by atoms with Crippen LogP contribution in [-0.4, -0.2) is 166 Å². The van der Waals surface area contributed by atoms with Crippen molar-refractivity contribution in [2.75, 3.05) is 10.9 Å². The summed E-state index contributed by atoms with van der Waals surface area (Å²) < 4.78 is 286. The van der Waals surface area contributed by atoms with Gasteiger partial charge in [-0.1, -0.05) is 36.4 Å². The van der Waals surface area contributed by atoms with Crippen LogP contribution in [-0.2, 0) is 80.9 Å². The molecular formula is C58H39ClN15O28S8+. The molecule has 0 atom stereocenters. The van der Waals surface area contributed by atoms with Gasteiger partial charge in [0.25, 0.3) is 92.5 Å². The Kier molecular flexibility index (Phi) is 19.8. The molecule has 3 heterocycles. The Morgan fingerprint density at radius 1 is 0.445 bits per heavy atom. The number of pyridine rings is 1. The van der Waals surface area contributed by atoms with Gasteiger partial charge in [0.2, 0.25) is 10.9 Å². The molecule has 568 valence electrons. The Balaban J connectivity index is 0.945. The van der Waals surface area contributed by atoms with Crippen LogP contribution in [0, 0.1) is 0 Å². The number of phenols is 2. The van der Waals surface area contributed by atoms with Gasteiger partial charge in [-0.25, -0.2) is 24.3 Å². The normalized spacial score (nSPS) is 13.8. The number of fused-ring (bicyclic) bond motifs is 4. The number of carboxylic acids is 1. The molecule has 0 saturated carbocycles. The van der Waals surface area contributed by atoms with Crippen molar-refractivity contribution in [1.29, 1.82) is 0 Å². The molecule has 1 aliphatic carbocycles. The van der Waals surface area contributed by atoms with Crippen LogP contribution < -0.4 is 26.7 Å². The number of halogens is 1. The fourth-order valence-electron chi connectivity index (χ4n) is 10.8. The van der Waals surface area contributed by atoms with Gasteiger partial charge in [-0.05, 0) is 124 Å². The lowest BCUT2D eigenvalue weighted by molar-refractivity contribution is -0.604. The third-order valence-electron chi connectivity index (χ3n) is 15.3. The van der Waals surface area contributed by atoms with Crippen molar-refractivity contribution in [2.24, 2.45) is 30.2 Å². The predicted octanol–water partition coefficient (Wildman–Crippen LogP) is 5.84. The maximum Gasteiger partial charge on any atom is 0.407 e. The van der Waals surface area contributed by atoms with Crippen LogP contribution in [0.25, 0.3) is 49.0 Å². The number of aromatic amines is 2. The van der Waals surface area contributed by atoms with Gasteiger partial charge < -0.3 is 15.3 Å². The Morgan fingerprint density at radius 3 is 1.43 bits per heavy atom. The van der Waals surface area contributed by atoms with Gasteiger partial charge in [-0.3, -0.25) is 52.3 Å². The molecule has 52 heteroatoms. The summed E-state index contributed by atoms with van der Waals surface area (Å²) >= 11 is 6.35. The number of nitrogens with zero attached hydrogens (tertiary/aromatic N) is 11. The molecule has 8 aromatic carbocycles. The average Bonchev–Trinajstić information content (AvgIpc) is 0.754. The van der Waals surface area contributed by atoms with E-state index in [0.29, 0.717) is 36.4 Å². The lowest BCUT2D eigenvalue weighted by atomic mass is 10.1. The van der Waals surface area contributed by atoms with E-state index in [1.54, 1.807) is 0 Å². The number of benzene rings is 8. The lowest BCUT2D eigenvalue weighted by Gasteiger charge is -2.19. The molecule has 0 amide bonds. The largest absolute Gasteiger partial charge is 0.505 e. The number of rotatable bonds is 19. The molecule has 1 aliphatic rings. The number of carbonyl (C=O) groups is 1. The van der Waals surface area contributed by atoms with Crippen molar-refractivity contribution in [1.82, 2.24) is 29.9 Å². The highest BCUT2D eigenvalue weighted by molar-refractivity contribution is 7.88. The number of nitrogens with one attached hydrogen (secondary N) is 4. The zero-order valence-corrected chi connectivity index (χ0v) is 60.6. The van der Waals surface area contributed by atoms with E-state index in [0.717, 1.165) is 71.4 Å². The third-order valence-corrected chi connectivity index (χ3v) is 22.6. The molecule has 0 saturated heterocycles. The van der Waals surface area contributed by atoms with E-state index in [1.807, 2.05) is 0 Å². The summed E-state index contributed by atoms with van der Waals surface area (Å²) in [5.41, 5.74) is -2.57. The van der Waals surface area contributed by atoms with Crippen LogP contribution in [0.2, 0.25) is 5.28 Å². The summed E-state index contributed by atoms with van der Waals surface area (Å²) in [5.74, 6) is -5.49. The van der Waals surface area contributed by atoms with E-state index in [9.17, 15) is 124 Å². The summed E-state index contributed by atoms with van der Waals surface area (Å²) in [6.07, 6.45) is 7.40. The minimum absolute atomic E-state index is 0.0244. The summed E-state index contributed by atoms with van der Waals surface area (Å²) in [5, 5.41) is 36.1. The van der Waals surface area contributed by atoms with Crippen molar-refractivity contribution >= 4 is 199 Å². The standard InChI is InChI=1S/C58H38ClN15O28S8/c59-53-64-54(66-56(65-53)62-38-22-30(103(79,80)81)18-26-20-42(107(91,92)93)46(48(75)44(26)38)72-70-36-15-13-32-34(50(36)109(97,98)99)5-1-7-40(32)105(85,86)87)60-28-9-11-29(12-10-28)61-55-67-57(69-58(68-55)74-17-3-4-25(24-74)52(77)78)63-39-23-31(104(82,83)84)19-27-21-43(108(94,95)96)47(49(76)45(27)39)73-71-37-16-14-33-35(51(37)110(100,101)102)6-2-8-41(33)106(88,89)90/h1-24H,(H14-,60,61,62,63,64,65,66,67,68,69,70,71,72,73,75,76,77,78,79,80,81,82,83,84,85,86,87,88,89,90,91,92,93,94,95,96,97,98,99,100,101,102)/p+1. The zero-order valence-electron chi connectivity index (χ0n) is 53.3. The summed E-state index contributed by atoms with van der Waals surface area (Å²) in [6.45, 7) is 0. The fraction of sp³-hybridized carbons (Fsp3) is 0. The summed E-state index contributed by atoms with van der Waals surface area (Å²) in [6, 6.07) is 15.2. The molecule has 3 aromatic heterocycles. The number of allylic oxidation sites excluding steroid dienone is 4. The molecular weight excluding hydrogens is 1650 g/mol. The van der Waals surface area contributed by atoms with Crippen LogP contribution in [0.1, 0.15) is 10.4 Å². The molecule has 0 aliphatic heterocycles. The third kappa shape index (κ3) is 16.2. The Morgan fingerprint density at radius 2 is 0.927 bits per heavy atom. The highest BCUT2D eigenvalue weighted by Crippen LogP contribution is 2.48. The number of anilines is 2. The second-order valence-corrected chi connectivity index (χ2v) is 33.9. The minimum Gasteiger partial charge on any atom is -0.505 e. The smallest absolute Gasteiger partial charge is 0.407 e. The van der Waals surface area contributed by atoms with E-state index in [2.05, 4.69) is 71.0 Å². The molecule has 15 N–H and O–H groups in total. The monoisotopic (exact) mass is 1680 g/mol. The molecule has 11 aromatic rings. The number of hydrazine groups is 1. The molecule has 0 bridgehead atoms. The number of aromatic hydroxyl groups is 2. The first kappa shape index (κ1) is 77.8. The molecule has 43 nitrogen and oxygen atoms in total. The van der Waals surface area contributed by atoms with Crippen molar-refractivity contribution in [3.05, 3.63) is 168 Å². The van der Waals surface area contributed by atoms with E-state index < -0.39 is 243 Å². The number of azo groups is 1. The van der Waals surface area contributed by atoms with Gasteiger partial charge in [-0.2, -0.15) is 87.3 Å². The number of hydrogen-bond acceptors (Lipinski definition) is 31. The zero-order chi connectivity index (χ0) is 80.1. The second-order valence-electron chi connectivity index (χ2n) is 22.4. The average molecular weight is 1690 g/mol. The maximum absolute atomic E-state index is 13.0. The fourth-order valence-corrected chi connectivity index (χ4v) is 16.5. The minimum atomic E-state index is -5.62. The molecule has 0 fully saturated rings. The summed E-state index contributed by atoms with van der Waals surface area (Å²) in [7, 11) is -42.7. The lowest BCUT2D eigenvalue weighted by Crippen LogP contribution is -2.36. The molecule has 0 radical (unpaired) electrons. The molecule has 0 spiro atoms. The van der Waals surface area contributed by atoms with Crippen LogP contribution >= 0.6 is 11.6 Å². The second kappa shape index (κ2) is 28.0. The van der Waals surface area contributed by atoms with Gasteiger partial charge in [0.15, 0.2) is 11.5 Å². The van der Waals surface area contributed by atoms with Crippen LogP contribution in [0.15, 0.2) is 215 Å². The number of H-pyrrole nitrogens is 2. The van der Waals surface area contributed by atoms with Crippen LogP contribution in [0.4, 0.5) is 46.0 Å². The Hall–Kier alpha value is -11.8. The van der Waals surface area contributed by atoms with E-state index in [1.165, 1.54) is 42.6 Å². The van der Waals surface area contributed by atoms with Crippen molar-refractivity contribution in [2.45, 2.75) is 39.2 Å². The SMILES string of the molecule is O=C(O)c1ccc[n+](-c2nc(N=C3C=CC(=Nc4nc(Cl)[nH]c(=Nc5cc(S(=O)(=O)O)cc6cc(S(=O)(=O)O)c(NNc7ccc8c(S(=O)(=O)O)cccc8c7S(=O)(=O)O)c(O)c56)n4)C=C3)nc(=Nc3cc(S(=O)(=O)O)cc4cc(S(=O)(=O)O)c(N=Nc5ccc6c(S(=O)(=O)O)cccc6c5S(=O)(=O)O)c(O)c34)[nH]2)c1. The van der Waals surface area contributed by atoms with E-state index in [4.69, 9.17) is 11.6 Å². The van der Waals surface area contributed by atoms with Gasteiger partial charge in [0, 0.05) is 21.5 Å². The molecule has 0 unspecified atom stereocenters. The van der Waals surface area contributed by atoms with Gasteiger partial charge >= 0.3 is 17.9 Å². The summed E-state index contributed by atoms with van der Waals surface area (Å²) in [4.78, 5) is 42.7. The number of hydrogen-bond donors (Lipinski definition) is 15. The van der Waals surface area contributed by atoms with Crippen LogP contribution in [0.5, 0.6) is 11.5 Å². The van der Waals surface area contributed by atoms with E-state index >= 15 is 0 Å². The highest BCUT2D eigenvalue weighted by atomic mass is 35.5. The van der Waals surface area contributed by atoms with Gasteiger partial charge in [0.05, 0.1) is 67.0 Å². The number of aromatic carboxylic acids is 1. The van der Waals surface area contributed by atoms with Crippen LogP contribution in [0.3, 0.4) is 0 Å². The number of aliphatic imine (C=N–C) groups is 2. The van der Waals surface area contributed by atoms with E-state index in [-0.39, 0.29) is 22.9 Å². The predicted molar refractivity (Wildman–Crippen MR) is 378 cm³/mol. The maximum atomic E-state index is 13.0. The Labute approximate surface area is 618 Å². The first-order valence-electron chi connectivity index (χ1n) is 29.1. The van der Waals surface area contributed by atoms with Gasteiger partial charge in [-0.15, -0.1) is 15.2 Å². The van der Waals surface area contributed by atoms with Crippen molar-refractivity contribution < 1.29 is 128 Å². The first-order valence-corrected chi connectivity index (χ1v) is 41.0. The number of phenolic OH excluding ortho intramolecular Hbond substituents is 2.